The molecular weight excluding hydrogens is 484 g/mol. The van der Waals surface area contributed by atoms with Crippen molar-refractivity contribution in [3.63, 3.8) is 0 Å². The van der Waals surface area contributed by atoms with Crippen LogP contribution >= 0.6 is 0 Å². The van der Waals surface area contributed by atoms with E-state index in [0.29, 0.717) is 12.8 Å². The monoisotopic (exact) mass is 516 g/mol. The van der Waals surface area contributed by atoms with Gasteiger partial charge in [0.1, 0.15) is 12.1 Å². The first kappa shape index (κ1) is 29.7. The van der Waals surface area contributed by atoms with Crippen molar-refractivity contribution in [2.24, 2.45) is 11.5 Å². The molecule has 0 saturated carbocycles. The molecule has 0 heterocycles. The summed E-state index contributed by atoms with van der Waals surface area (Å²) in [6.45, 7) is 0. The number of aliphatic carboxylic acids is 3. The van der Waals surface area contributed by atoms with Gasteiger partial charge in [-0.25, -0.2) is 0 Å². The maximum absolute atomic E-state index is 10.5. The van der Waals surface area contributed by atoms with Crippen molar-refractivity contribution in [1.29, 1.82) is 0 Å². The molecule has 4 aromatic carbocycles. The van der Waals surface area contributed by atoms with Crippen molar-refractivity contribution < 1.29 is 29.7 Å². The SMILES string of the molecule is NC(Cc1ccccc1)C(=O)O.NC(Cc1ccccc1)C(=O)O.O=C(O)Cc1ccc2ccccc2c1. The number of carboxylic acid groups (broad SMARTS) is 3. The van der Waals surface area contributed by atoms with Crippen LogP contribution in [-0.2, 0) is 33.6 Å². The highest BCUT2D eigenvalue weighted by Gasteiger charge is 2.11. The Labute approximate surface area is 221 Å². The maximum atomic E-state index is 10.5. The predicted octanol–water partition coefficient (Wildman–Crippen LogP) is 3.75. The van der Waals surface area contributed by atoms with Crippen LogP contribution in [0.3, 0.4) is 0 Å². The molecule has 0 bridgehead atoms. The van der Waals surface area contributed by atoms with Crippen molar-refractivity contribution in [3.8, 4) is 0 Å². The third kappa shape index (κ3) is 11.0. The van der Waals surface area contributed by atoms with Crippen LogP contribution in [0, 0.1) is 0 Å². The topological polar surface area (TPSA) is 164 Å². The number of benzene rings is 4. The fourth-order valence-corrected chi connectivity index (χ4v) is 3.43. The first-order chi connectivity index (χ1) is 18.2. The number of carbonyl (C=O) groups is 3. The molecule has 4 rings (SSSR count). The minimum absolute atomic E-state index is 0.0881. The van der Waals surface area contributed by atoms with E-state index in [1.165, 1.54) is 0 Å². The molecule has 4 aromatic rings. The van der Waals surface area contributed by atoms with Crippen LogP contribution in [0.15, 0.2) is 103 Å². The van der Waals surface area contributed by atoms with Gasteiger partial charge in [0.15, 0.2) is 0 Å². The standard InChI is InChI=1S/C12H10O2.2C9H11NO2/c13-12(14)8-9-5-6-10-3-1-2-4-11(10)7-9;2*10-8(9(11)12)6-7-4-2-1-3-5-7/h1-7H,8H2,(H,13,14);2*1-5,8H,6,10H2,(H,11,12). The minimum atomic E-state index is -0.959. The summed E-state index contributed by atoms with van der Waals surface area (Å²) in [5, 5.41) is 27.9. The van der Waals surface area contributed by atoms with E-state index in [0.717, 1.165) is 27.5 Å². The number of nitrogens with two attached hydrogens (primary N) is 2. The zero-order valence-corrected chi connectivity index (χ0v) is 20.8. The lowest BCUT2D eigenvalue weighted by Gasteiger charge is -2.04. The largest absolute Gasteiger partial charge is 0.481 e. The van der Waals surface area contributed by atoms with E-state index >= 15 is 0 Å². The van der Waals surface area contributed by atoms with Crippen LogP contribution in [0.5, 0.6) is 0 Å². The second kappa shape index (κ2) is 15.6. The minimum Gasteiger partial charge on any atom is -0.481 e. The number of fused-ring (bicyclic) bond motifs is 1. The van der Waals surface area contributed by atoms with Crippen LogP contribution in [0.2, 0.25) is 0 Å². The van der Waals surface area contributed by atoms with E-state index in [1.54, 1.807) is 0 Å². The average Bonchev–Trinajstić information content (AvgIpc) is 2.90. The summed E-state index contributed by atoms with van der Waals surface area (Å²) < 4.78 is 0. The smallest absolute Gasteiger partial charge is 0.320 e. The quantitative estimate of drug-likeness (QED) is 0.236. The molecule has 7 N–H and O–H groups in total. The van der Waals surface area contributed by atoms with Gasteiger partial charge in [0.2, 0.25) is 0 Å². The van der Waals surface area contributed by atoms with Crippen molar-refractivity contribution >= 4 is 28.7 Å². The second-order valence-electron chi connectivity index (χ2n) is 8.52. The molecule has 38 heavy (non-hydrogen) atoms. The number of hydrogen-bond donors (Lipinski definition) is 5. The van der Waals surface area contributed by atoms with Gasteiger partial charge >= 0.3 is 17.9 Å². The Hall–Kier alpha value is -4.53. The Kier molecular flexibility index (Phi) is 12.2. The Morgan fingerprint density at radius 2 is 0.974 bits per heavy atom. The fourth-order valence-electron chi connectivity index (χ4n) is 3.43. The Balaban J connectivity index is 0.000000201. The molecule has 2 unspecified atom stereocenters. The van der Waals surface area contributed by atoms with Gasteiger partial charge < -0.3 is 26.8 Å². The molecule has 198 valence electrons. The lowest BCUT2D eigenvalue weighted by molar-refractivity contribution is -0.139. The van der Waals surface area contributed by atoms with Gasteiger partial charge in [0.05, 0.1) is 6.42 Å². The molecule has 0 spiro atoms. The molecule has 0 aliphatic carbocycles. The normalized spacial score (nSPS) is 11.6. The fraction of sp³-hybridized carbons (Fsp3) is 0.167. The van der Waals surface area contributed by atoms with Crippen molar-refractivity contribution in [2.45, 2.75) is 31.3 Å². The molecule has 0 saturated heterocycles. The van der Waals surface area contributed by atoms with Gasteiger partial charge in [0.25, 0.3) is 0 Å². The molecule has 8 nitrogen and oxygen atoms in total. The van der Waals surface area contributed by atoms with Gasteiger partial charge in [-0.05, 0) is 40.3 Å². The summed E-state index contributed by atoms with van der Waals surface area (Å²) in [6, 6.07) is 30.7. The van der Waals surface area contributed by atoms with Gasteiger partial charge in [-0.15, -0.1) is 0 Å². The van der Waals surface area contributed by atoms with Crippen LogP contribution in [0.25, 0.3) is 10.8 Å². The highest BCUT2D eigenvalue weighted by molar-refractivity contribution is 5.84. The average molecular weight is 517 g/mol. The molecule has 0 aliphatic rings. The number of rotatable bonds is 8. The summed E-state index contributed by atoms with van der Waals surface area (Å²) >= 11 is 0. The van der Waals surface area contributed by atoms with Crippen LogP contribution < -0.4 is 11.5 Å². The molecule has 0 amide bonds. The Morgan fingerprint density at radius 3 is 1.39 bits per heavy atom. The van der Waals surface area contributed by atoms with E-state index in [2.05, 4.69) is 0 Å². The number of carboxylic acids is 3. The second-order valence-corrected chi connectivity index (χ2v) is 8.52. The Morgan fingerprint density at radius 1 is 0.553 bits per heavy atom. The zero-order chi connectivity index (χ0) is 27.9. The predicted molar refractivity (Wildman–Crippen MR) is 147 cm³/mol. The summed E-state index contributed by atoms with van der Waals surface area (Å²) in [6.07, 6.45) is 0.858. The summed E-state index contributed by atoms with van der Waals surface area (Å²) in [5.41, 5.74) is 13.4. The highest BCUT2D eigenvalue weighted by Crippen LogP contribution is 2.15. The molecule has 8 heteroatoms. The van der Waals surface area contributed by atoms with E-state index in [1.807, 2.05) is 103 Å². The van der Waals surface area contributed by atoms with E-state index in [9.17, 15) is 14.4 Å². The van der Waals surface area contributed by atoms with E-state index in [-0.39, 0.29) is 6.42 Å². The molecule has 0 aromatic heterocycles. The van der Waals surface area contributed by atoms with E-state index in [4.69, 9.17) is 26.8 Å². The van der Waals surface area contributed by atoms with Crippen molar-refractivity contribution in [1.82, 2.24) is 0 Å². The van der Waals surface area contributed by atoms with Crippen LogP contribution in [-0.4, -0.2) is 45.3 Å². The van der Waals surface area contributed by atoms with Crippen molar-refractivity contribution in [3.05, 3.63) is 120 Å². The highest BCUT2D eigenvalue weighted by atomic mass is 16.4. The molecule has 2 atom stereocenters. The van der Waals surface area contributed by atoms with Gasteiger partial charge in [-0.1, -0.05) is 103 Å². The van der Waals surface area contributed by atoms with Gasteiger partial charge in [-0.3, -0.25) is 14.4 Å². The third-order valence-electron chi connectivity index (χ3n) is 5.40. The summed E-state index contributed by atoms with van der Waals surface area (Å²) in [7, 11) is 0. The lowest BCUT2D eigenvalue weighted by atomic mass is 10.1. The third-order valence-corrected chi connectivity index (χ3v) is 5.40. The molecule has 0 fully saturated rings. The first-order valence-electron chi connectivity index (χ1n) is 11.9. The Bertz CT molecular complexity index is 1250. The summed E-state index contributed by atoms with van der Waals surface area (Å²) in [5.74, 6) is -2.71. The van der Waals surface area contributed by atoms with Gasteiger partial charge in [0, 0.05) is 0 Å². The van der Waals surface area contributed by atoms with Crippen LogP contribution in [0.4, 0.5) is 0 Å². The number of hydrogen-bond acceptors (Lipinski definition) is 5. The summed E-state index contributed by atoms with van der Waals surface area (Å²) in [4.78, 5) is 31.3. The molecular formula is C30H32N2O6. The van der Waals surface area contributed by atoms with Crippen LogP contribution in [0.1, 0.15) is 16.7 Å². The molecule has 0 aliphatic heterocycles. The molecule has 0 radical (unpaired) electrons. The zero-order valence-electron chi connectivity index (χ0n) is 20.8. The van der Waals surface area contributed by atoms with Crippen molar-refractivity contribution in [2.75, 3.05) is 0 Å². The van der Waals surface area contributed by atoms with E-state index < -0.39 is 30.0 Å². The lowest BCUT2D eigenvalue weighted by Crippen LogP contribution is -2.32. The first-order valence-corrected chi connectivity index (χ1v) is 11.9. The maximum Gasteiger partial charge on any atom is 0.320 e. The van der Waals surface area contributed by atoms with Gasteiger partial charge in [-0.2, -0.15) is 0 Å².